The van der Waals surface area contributed by atoms with Crippen LogP contribution in [0.5, 0.6) is 5.75 Å². The van der Waals surface area contributed by atoms with Crippen LogP contribution in [0, 0.1) is 12.7 Å². The van der Waals surface area contributed by atoms with Crippen LogP contribution >= 0.6 is 11.8 Å². The van der Waals surface area contributed by atoms with Gasteiger partial charge in [-0.25, -0.2) is 4.39 Å². The molecule has 1 aliphatic heterocycles. The minimum Gasteiger partial charge on any atom is -0.486 e. The van der Waals surface area contributed by atoms with E-state index in [2.05, 4.69) is 15.1 Å². The van der Waals surface area contributed by atoms with Gasteiger partial charge in [0.1, 0.15) is 18.2 Å². The average molecular weight is 429 g/mol. The molecule has 0 amide bonds. The number of morpholine rings is 1. The van der Waals surface area contributed by atoms with E-state index in [9.17, 15) is 4.39 Å². The number of benzene rings is 2. The molecule has 4 rings (SSSR count). The Morgan fingerprint density at radius 2 is 1.90 bits per heavy atom. The summed E-state index contributed by atoms with van der Waals surface area (Å²) in [5, 5.41) is 9.52. The number of hydrogen-bond acceptors (Lipinski definition) is 6. The van der Waals surface area contributed by atoms with E-state index in [1.807, 2.05) is 35.8 Å². The van der Waals surface area contributed by atoms with E-state index in [0.717, 1.165) is 60.8 Å². The van der Waals surface area contributed by atoms with Gasteiger partial charge < -0.3 is 9.47 Å². The van der Waals surface area contributed by atoms with Crippen molar-refractivity contribution in [3.05, 3.63) is 65.7 Å². The molecule has 1 saturated heterocycles. The summed E-state index contributed by atoms with van der Waals surface area (Å²) in [7, 11) is 0. The molecule has 0 unspecified atom stereocenters. The molecule has 0 atom stereocenters. The number of aryl methyl sites for hydroxylation is 1. The summed E-state index contributed by atoms with van der Waals surface area (Å²) in [5.41, 5.74) is 1.95. The van der Waals surface area contributed by atoms with E-state index < -0.39 is 0 Å². The van der Waals surface area contributed by atoms with Crippen molar-refractivity contribution < 1.29 is 13.9 Å². The van der Waals surface area contributed by atoms with Gasteiger partial charge in [-0.05, 0) is 48.9 Å². The molecular formula is C22H25FN4O2S. The molecule has 0 saturated carbocycles. The molecular weight excluding hydrogens is 403 g/mol. The molecule has 0 spiro atoms. The molecule has 6 nitrogen and oxygen atoms in total. The highest BCUT2D eigenvalue weighted by Gasteiger charge is 2.17. The zero-order chi connectivity index (χ0) is 20.8. The SMILES string of the molecule is Cc1cccc(OCc2nnc(SCCN3CCOCC3)n2-c2ccc(F)cc2)c1. The first-order valence-corrected chi connectivity index (χ1v) is 11.0. The quantitative estimate of drug-likeness (QED) is 0.510. The van der Waals surface area contributed by atoms with Gasteiger partial charge in [-0.3, -0.25) is 9.47 Å². The van der Waals surface area contributed by atoms with Crippen LogP contribution in [0.25, 0.3) is 5.69 Å². The number of ether oxygens (including phenoxy) is 2. The summed E-state index contributed by atoms with van der Waals surface area (Å²) < 4.78 is 26.8. The third kappa shape index (κ3) is 5.38. The molecule has 3 aromatic rings. The lowest BCUT2D eigenvalue weighted by molar-refractivity contribution is 0.0410. The zero-order valence-corrected chi connectivity index (χ0v) is 17.8. The molecule has 2 heterocycles. The maximum atomic E-state index is 13.5. The average Bonchev–Trinajstić information content (AvgIpc) is 3.16. The Balaban J connectivity index is 1.49. The van der Waals surface area contributed by atoms with Crippen LogP contribution in [0.15, 0.2) is 53.7 Å². The van der Waals surface area contributed by atoms with Crippen molar-refractivity contribution in [2.45, 2.75) is 18.7 Å². The number of hydrogen-bond donors (Lipinski definition) is 0. The van der Waals surface area contributed by atoms with E-state index in [0.29, 0.717) is 5.82 Å². The molecule has 0 radical (unpaired) electrons. The lowest BCUT2D eigenvalue weighted by atomic mass is 10.2. The Labute approximate surface area is 180 Å². The number of thioether (sulfide) groups is 1. The Bertz CT molecular complexity index is 958. The van der Waals surface area contributed by atoms with Crippen LogP contribution in [-0.2, 0) is 11.3 Å². The van der Waals surface area contributed by atoms with E-state index in [4.69, 9.17) is 9.47 Å². The smallest absolute Gasteiger partial charge is 0.195 e. The number of aromatic nitrogens is 3. The highest BCUT2D eigenvalue weighted by molar-refractivity contribution is 7.99. The summed E-state index contributed by atoms with van der Waals surface area (Å²) in [5.74, 6) is 2.07. The topological polar surface area (TPSA) is 52.4 Å². The standard InChI is InChI=1S/C22H25FN4O2S/c1-17-3-2-4-20(15-17)29-16-21-24-25-22(27(21)19-7-5-18(23)6-8-19)30-14-11-26-9-12-28-13-10-26/h2-8,15H,9-14,16H2,1H3. The first-order chi connectivity index (χ1) is 14.7. The Kier molecular flexibility index (Phi) is 6.99. The van der Waals surface area contributed by atoms with Crippen LogP contribution in [0.1, 0.15) is 11.4 Å². The third-order valence-electron chi connectivity index (χ3n) is 4.89. The van der Waals surface area contributed by atoms with Gasteiger partial charge in [-0.1, -0.05) is 23.9 Å². The second-order valence-corrected chi connectivity index (χ2v) is 8.18. The van der Waals surface area contributed by atoms with Crippen LogP contribution in [-0.4, -0.2) is 58.3 Å². The van der Waals surface area contributed by atoms with E-state index in [1.165, 1.54) is 12.1 Å². The molecule has 2 aromatic carbocycles. The van der Waals surface area contributed by atoms with Crippen molar-refractivity contribution in [2.75, 3.05) is 38.6 Å². The number of nitrogens with zero attached hydrogens (tertiary/aromatic N) is 4. The van der Waals surface area contributed by atoms with Gasteiger partial charge >= 0.3 is 0 Å². The summed E-state index contributed by atoms with van der Waals surface area (Å²) >= 11 is 1.64. The van der Waals surface area contributed by atoms with Crippen LogP contribution < -0.4 is 4.74 Å². The molecule has 0 bridgehead atoms. The second kappa shape index (κ2) is 10.1. The summed E-state index contributed by atoms with van der Waals surface area (Å²) in [6, 6.07) is 14.3. The van der Waals surface area contributed by atoms with Crippen molar-refractivity contribution in [1.29, 1.82) is 0 Å². The maximum absolute atomic E-state index is 13.5. The van der Waals surface area contributed by atoms with Crippen LogP contribution in [0.3, 0.4) is 0 Å². The Morgan fingerprint density at radius 3 is 2.67 bits per heavy atom. The van der Waals surface area contributed by atoms with Gasteiger partial charge in [0.05, 0.1) is 13.2 Å². The first-order valence-electron chi connectivity index (χ1n) is 10.0. The third-order valence-corrected chi connectivity index (χ3v) is 5.79. The van der Waals surface area contributed by atoms with Crippen molar-refractivity contribution in [2.24, 2.45) is 0 Å². The molecule has 8 heteroatoms. The van der Waals surface area contributed by atoms with Crippen molar-refractivity contribution in [3.63, 3.8) is 0 Å². The van der Waals surface area contributed by atoms with E-state index in [-0.39, 0.29) is 12.4 Å². The molecule has 1 aromatic heterocycles. The molecule has 1 fully saturated rings. The van der Waals surface area contributed by atoms with Gasteiger partial charge in [0.15, 0.2) is 11.0 Å². The second-order valence-electron chi connectivity index (χ2n) is 7.12. The van der Waals surface area contributed by atoms with Crippen molar-refractivity contribution in [3.8, 4) is 11.4 Å². The normalized spacial score (nSPS) is 14.7. The molecule has 1 aliphatic rings. The van der Waals surface area contributed by atoms with Crippen LogP contribution in [0.2, 0.25) is 0 Å². The van der Waals surface area contributed by atoms with Gasteiger partial charge in [-0.2, -0.15) is 0 Å². The lowest BCUT2D eigenvalue weighted by Crippen LogP contribution is -2.37. The summed E-state index contributed by atoms with van der Waals surface area (Å²) in [6.45, 7) is 6.75. The molecule has 158 valence electrons. The van der Waals surface area contributed by atoms with E-state index in [1.54, 1.807) is 23.9 Å². The fourth-order valence-electron chi connectivity index (χ4n) is 3.28. The Morgan fingerprint density at radius 1 is 1.10 bits per heavy atom. The van der Waals surface area contributed by atoms with Crippen molar-refractivity contribution >= 4 is 11.8 Å². The largest absolute Gasteiger partial charge is 0.486 e. The van der Waals surface area contributed by atoms with E-state index >= 15 is 0 Å². The maximum Gasteiger partial charge on any atom is 0.195 e. The van der Waals surface area contributed by atoms with Crippen molar-refractivity contribution in [1.82, 2.24) is 19.7 Å². The minimum atomic E-state index is -0.272. The number of halogens is 1. The molecule has 0 aliphatic carbocycles. The molecule has 30 heavy (non-hydrogen) atoms. The molecule has 0 N–H and O–H groups in total. The van der Waals surface area contributed by atoms with Crippen LogP contribution in [0.4, 0.5) is 4.39 Å². The fourth-order valence-corrected chi connectivity index (χ4v) is 4.25. The highest BCUT2D eigenvalue weighted by atomic mass is 32.2. The minimum absolute atomic E-state index is 0.272. The summed E-state index contributed by atoms with van der Waals surface area (Å²) in [4.78, 5) is 2.39. The van der Waals surface area contributed by atoms with Gasteiger partial charge in [0.25, 0.3) is 0 Å². The predicted octanol–water partition coefficient (Wildman–Crippen LogP) is 3.72. The zero-order valence-electron chi connectivity index (χ0n) is 17.0. The van der Waals surface area contributed by atoms with Gasteiger partial charge in [0, 0.05) is 31.1 Å². The highest BCUT2D eigenvalue weighted by Crippen LogP contribution is 2.24. The number of rotatable bonds is 8. The van der Waals surface area contributed by atoms with Gasteiger partial charge in [0.2, 0.25) is 0 Å². The van der Waals surface area contributed by atoms with Gasteiger partial charge in [-0.15, -0.1) is 10.2 Å². The Hall–Kier alpha value is -2.42. The first kappa shape index (κ1) is 20.8. The lowest BCUT2D eigenvalue weighted by Gasteiger charge is -2.26. The summed E-state index contributed by atoms with van der Waals surface area (Å²) in [6.07, 6.45) is 0. The fraction of sp³-hybridized carbons (Fsp3) is 0.364. The monoisotopic (exact) mass is 428 g/mol. The predicted molar refractivity (Wildman–Crippen MR) is 115 cm³/mol.